The second kappa shape index (κ2) is 13.0. The molecule has 2 aliphatic heterocycles. The molecule has 6 rings (SSSR count). The number of rotatable bonds is 11. The zero-order valence-corrected chi connectivity index (χ0v) is 25.2. The van der Waals surface area contributed by atoms with Crippen molar-refractivity contribution >= 4 is 28.9 Å². The molecular weight excluding hydrogens is 568 g/mol. The van der Waals surface area contributed by atoms with Crippen LogP contribution in [0.25, 0.3) is 0 Å². The van der Waals surface area contributed by atoms with Gasteiger partial charge in [-0.2, -0.15) is 5.10 Å². The molecule has 2 amide bonds. The van der Waals surface area contributed by atoms with Gasteiger partial charge in [-0.1, -0.05) is 85.0 Å². The van der Waals surface area contributed by atoms with E-state index >= 15 is 0 Å². The summed E-state index contributed by atoms with van der Waals surface area (Å²) in [4.78, 5) is 28.9. The Kier molecular flexibility index (Phi) is 8.68. The normalized spacial score (nSPS) is 18.9. The van der Waals surface area contributed by atoms with Gasteiger partial charge in [0.05, 0.1) is 29.3 Å². The van der Waals surface area contributed by atoms with Crippen molar-refractivity contribution in [3.63, 3.8) is 0 Å². The highest BCUT2D eigenvalue weighted by atomic mass is 16.3. The summed E-state index contributed by atoms with van der Waals surface area (Å²) in [6.45, 7) is 2.70. The molecule has 1 aromatic heterocycles. The van der Waals surface area contributed by atoms with Crippen LogP contribution in [0.5, 0.6) is 0 Å². The van der Waals surface area contributed by atoms with Gasteiger partial charge in [-0.3, -0.25) is 14.3 Å². The molecule has 3 heterocycles. The number of carbonyl (C=O) groups is 2. The number of nitrogens with zero attached hydrogens (tertiary/aromatic N) is 6. The predicted molar refractivity (Wildman–Crippen MR) is 171 cm³/mol. The van der Waals surface area contributed by atoms with Crippen LogP contribution in [0.3, 0.4) is 0 Å². The highest BCUT2D eigenvalue weighted by Crippen LogP contribution is 2.47. The summed E-state index contributed by atoms with van der Waals surface area (Å²) in [5.41, 5.74) is 3.10. The third-order valence-corrected chi connectivity index (χ3v) is 8.38. The van der Waals surface area contributed by atoms with Crippen molar-refractivity contribution in [1.29, 1.82) is 0 Å². The number of hydrogen-bond acceptors (Lipinski definition) is 7. The van der Waals surface area contributed by atoms with Gasteiger partial charge in [-0.15, -0.1) is 5.10 Å². The zero-order valence-electron chi connectivity index (χ0n) is 25.2. The number of anilines is 2. The van der Waals surface area contributed by atoms with E-state index in [1.54, 1.807) is 34.0 Å². The van der Waals surface area contributed by atoms with Crippen molar-refractivity contribution in [3.8, 4) is 0 Å². The van der Waals surface area contributed by atoms with Crippen LogP contribution >= 0.6 is 0 Å². The molecule has 0 fully saturated rings. The number of fused-ring (bicyclic) bond motifs is 1. The highest BCUT2D eigenvalue weighted by molar-refractivity contribution is 6.10. The number of hydrazone groups is 1. The standard InChI is InChI=1S/C35H36N6O4/c1-25(10-8-9-20-39-24-28(19-21-42)36-38-39)35(45)30-22-29(41-33(43)18-16-31(37-41)27-13-6-3-7-14-27)15-17-32(30)40(34(35)44)23-26-11-4-2-5-12-26/h2-8,10-15,17,22,24-25,42,45H,9,16,18-21,23H2,1H3/b10-8+/t25-,35+/m0/s1. The molecule has 2 aliphatic rings. The summed E-state index contributed by atoms with van der Waals surface area (Å²) in [5, 5.41) is 35.6. The Morgan fingerprint density at radius 2 is 1.76 bits per heavy atom. The minimum atomic E-state index is -1.86. The van der Waals surface area contributed by atoms with Crippen molar-refractivity contribution in [2.24, 2.45) is 11.0 Å². The Morgan fingerprint density at radius 3 is 2.51 bits per heavy atom. The zero-order chi connectivity index (χ0) is 31.4. The fraction of sp³-hybridized carbons (Fsp3) is 0.286. The SMILES string of the molecule is C[C@@H](/C=C/CCn1cc(CCO)nn1)[C@]1(O)C(=O)N(Cc2ccccc2)c2ccc(N3N=C(c4ccccc4)CCC3=O)cc21. The van der Waals surface area contributed by atoms with E-state index in [0.717, 1.165) is 22.5 Å². The van der Waals surface area contributed by atoms with Gasteiger partial charge in [0.25, 0.3) is 5.91 Å². The summed E-state index contributed by atoms with van der Waals surface area (Å²) >= 11 is 0. The van der Waals surface area contributed by atoms with Gasteiger partial charge in [0, 0.05) is 50.1 Å². The Morgan fingerprint density at radius 1 is 1.00 bits per heavy atom. The lowest BCUT2D eigenvalue weighted by atomic mass is 9.82. The summed E-state index contributed by atoms with van der Waals surface area (Å²) in [6.07, 6.45) is 7.48. The first-order chi connectivity index (χ1) is 21.9. The number of amides is 2. The molecule has 0 aliphatic carbocycles. The van der Waals surface area contributed by atoms with E-state index in [0.29, 0.717) is 55.7 Å². The van der Waals surface area contributed by atoms with Crippen LogP contribution in [0, 0.1) is 5.92 Å². The number of hydrogen-bond donors (Lipinski definition) is 2. The molecule has 0 saturated heterocycles. The van der Waals surface area contributed by atoms with Crippen molar-refractivity contribution in [1.82, 2.24) is 15.0 Å². The van der Waals surface area contributed by atoms with E-state index in [4.69, 9.17) is 10.2 Å². The molecule has 0 radical (unpaired) electrons. The van der Waals surface area contributed by atoms with Crippen LogP contribution in [-0.2, 0) is 34.7 Å². The monoisotopic (exact) mass is 604 g/mol. The number of aliphatic hydroxyl groups excluding tert-OH is 1. The number of carbonyl (C=O) groups excluding carboxylic acids is 2. The molecule has 230 valence electrons. The fourth-order valence-corrected chi connectivity index (χ4v) is 5.91. The summed E-state index contributed by atoms with van der Waals surface area (Å²) in [7, 11) is 0. The number of benzene rings is 3. The van der Waals surface area contributed by atoms with E-state index in [2.05, 4.69) is 10.3 Å². The van der Waals surface area contributed by atoms with Gasteiger partial charge in [-0.05, 0) is 35.7 Å². The first-order valence-corrected chi connectivity index (χ1v) is 15.2. The Bertz CT molecular complexity index is 1740. The lowest BCUT2D eigenvalue weighted by molar-refractivity contribution is -0.139. The third-order valence-electron chi connectivity index (χ3n) is 8.38. The van der Waals surface area contributed by atoms with Crippen LogP contribution in [-0.4, -0.2) is 49.3 Å². The van der Waals surface area contributed by atoms with Gasteiger partial charge < -0.3 is 15.1 Å². The predicted octanol–water partition coefficient (Wildman–Crippen LogP) is 4.36. The maximum Gasteiger partial charge on any atom is 0.264 e. The minimum Gasteiger partial charge on any atom is -0.396 e. The van der Waals surface area contributed by atoms with E-state index in [9.17, 15) is 14.7 Å². The second-order valence-corrected chi connectivity index (χ2v) is 11.4. The highest BCUT2D eigenvalue weighted by Gasteiger charge is 2.52. The Labute approximate surface area is 261 Å². The topological polar surface area (TPSA) is 124 Å². The Hall–Kier alpha value is -4.93. The average Bonchev–Trinajstić information content (AvgIpc) is 3.60. The van der Waals surface area contributed by atoms with Crippen LogP contribution in [0.4, 0.5) is 11.4 Å². The molecule has 0 unspecified atom stereocenters. The summed E-state index contributed by atoms with van der Waals surface area (Å²) < 4.78 is 1.71. The van der Waals surface area contributed by atoms with Gasteiger partial charge >= 0.3 is 0 Å². The molecule has 0 bridgehead atoms. The fourth-order valence-electron chi connectivity index (χ4n) is 5.91. The molecule has 2 N–H and O–H groups in total. The van der Waals surface area contributed by atoms with Crippen LogP contribution in [0.2, 0.25) is 0 Å². The molecule has 2 atom stereocenters. The smallest absolute Gasteiger partial charge is 0.264 e. The third kappa shape index (κ3) is 6.07. The second-order valence-electron chi connectivity index (χ2n) is 11.4. The number of aromatic nitrogens is 3. The van der Waals surface area contributed by atoms with Crippen molar-refractivity contribution in [3.05, 3.63) is 120 Å². The maximum atomic E-state index is 14.1. The molecular formula is C35H36N6O4. The summed E-state index contributed by atoms with van der Waals surface area (Å²) in [6, 6.07) is 24.7. The quantitative estimate of drug-likeness (QED) is 0.245. The van der Waals surface area contributed by atoms with Gasteiger partial charge in [0.1, 0.15) is 0 Å². The van der Waals surface area contributed by atoms with Gasteiger partial charge in [-0.25, -0.2) is 5.01 Å². The van der Waals surface area contributed by atoms with Crippen LogP contribution in [0.15, 0.2) is 102 Å². The van der Waals surface area contributed by atoms with Gasteiger partial charge in [0.15, 0.2) is 5.60 Å². The van der Waals surface area contributed by atoms with Crippen molar-refractivity contribution in [2.45, 2.75) is 51.3 Å². The molecule has 3 aromatic carbocycles. The molecule has 0 spiro atoms. The number of aryl methyl sites for hydroxylation is 1. The summed E-state index contributed by atoms with van der Waals surface area (Å²) in [5.74, 6) is -1.15. The molecule has 10 nitrogen and oxygen atoms in total. The van der Waals surface area contributed by atoms with Crippen molar-refractivity contribution < 1.29 is 19.8 Å². The molecule has 0 saturated carbocycles. The molecule has 45 heavy (non-hydrogen) atoms. The lowest BCUT2D eigenvalue weighted by Crippen LogP contribution is -2.44. The first kappa shape index (κ1) is 30.1. The number of aliphatic hydroxyl groups is 2. The van der Waals surface area contributed by atoms with E-state index < -0.39 is 17.4 Å². The van der Waals surface area contributed by atoms with E-state index in [1.165, 1.54) is 5.01 Å². The van der Waals surface area contributed by atoms with E-state index in [1.807, 2.05) is 79.7 Å². The largest absolute Gasteiger partial charge is 0.396 e. The van der Waals surface area contributed by atoms with Crippen LogP contribution < -0.4 is 9.91 Å². The number of allylic oxidation sites excluding steroid dienone is 1. The first-order valence-electron chi connectivity index (χ1n) is 15.2. The minimum absolute atomic E-state index is 0.0136. The Balaban J connectivity index is 1.31. The lowest BCUT2D eigenvalue weighted by Gasteiger charge is -2.28. The average molecular weight is 605 g/mol. The van der Waals surface area contributed by atoms with E-state index in [-0.39, 0.29) is 12.5 Å². The van der Waals surface area contributed by atoms with Crippen LogP contribution in [0.1, 0.15) is 48.6 Å². The maximum absolute atomic E-state index is 14.1. The van der Waals surface area contributed by atoms with Crippen molar-refractivity contribution in [2.75, 3.05) is 16.5 Å². The molecule has 4 aromatic rings. The molecule has 10 heteroatoms. The van der Waals surface area contributed by atoms with Gasteiger partial charge in [0.2, 0.25) is 5.91 Å².